The molecule has 1 atom stereocenters. The summed E-state index contributed by atoms with van der Waals surface area (Å²) in [7, 11) is 2.97. The van der Waals surface area contributed by atoms with E-state index in [0.717, 1.165) is 12.1 Å². The van der Waals surface area contributed by atoms with Gasteiger partial charge in [0.15, 0.2) is 6.10 Å². The molecule has 0 spiro atoms. The Morgan fingerprint density at radius 1 is 1.40 bits per heavy atom. The number of carbonyl (C=O) groups is 1. The quantitative estimate of drug-likeness (QED) is 0.588. The number of benzene rings is 1. The molecule has 1 N–H and O–H groups in total. The third-order valence-electron chi connectivity index (χ3n) is 2.67. The fourth-order valence-electron chi connectivity index (χ4n) is 1.61. The van der Waals surface area contributed by atoms with Crippen LogP contribution in [0.2, 0.25) is 5.02 Å². The monoisotopic (exact) mass is 301 g/mol. The maximum Gasteiger partial charge on any atom is 0.346 e. The standard InChI is InChI=1S/C14H20ClNO4/c1-10(14(17)19-3)20-13-11(5-4-6-12(13)15)9-16-7-8-18-2/h4-6,10,16H,7-9H2,1-3H3. The van der Waals surface area contributed by atoms with Gasteiger partial charge in [-0.2, -0.15) is 0 Å². The van der Waals surface area contributed by atoms with Crippen molar-refractivity contribution >= 4 is 17.6 Å². The van der Waals surface area contributed by atoms with E-state index in [2.05, 4.69) is 10.1 Å². The molecule has 20 heavy (non-hydrogen) atoms. The van der Waals surface area contributed by atoms with Gasteiger partial charge < -0.3 is 19.5 Å². The van der Waals surface area contributed by atoms with Crippen molar-refractivity contribution in [2.45, 2.75) is 19.6 Å². The highest BCUT2D eigenvalue weighted by Crippen LogP contribution is 2.29. The molecule has 112 valence electrons. The molecule has 0 aliphatic carbocycles. The Hall–Kier alpha value is -1.30. The zero-order chi connectivity index (χ0) is 15.0. The van der Waals surface area contributed by atoms with Crippen molar-refractivity contribution in [3.8, 4) is 5.75 Å². The van der Waals surface area contributed by atoms with Crippen LogP contribution in [0.15, 0.2) is 18.2 Å². The number of methoxy groups -OCH3 is 2. The molecule has 1 aromatic rings. The lowest BCUT2D eigenvalue weighted by atomic mass is 10.2. The molecule has 1 aromatic carbocycles. The topological polar surface area (TPSA) is 56.8 Å². The molecule has 0 aromatic heterocycles. The SMILES string of the molecule is COCCNCc1cccc(Cl)c1OC(C)C(=O)OC. The average molecular weight is 302 g/mol. The van der Waals surface area contributed by atoms with E-state index in [1.165, 1.54) is 7.11 Å². The number of hydrogen-bond acceptors (Lipinski definition) is 5. The molecule has 0 heterocycles. The molecule has 0 amide bonds. The van der Waals surface area contributed by atoms with Gasteiger partial charge >= 0.3 is 5.97 Å². The van der Waals surface area contributed by atoms with E-state index in [4.69, 9.17) is 21.1 Å². The normalized spacial score (nSPS) is 12.0. The summed E-state index contributed by atoms with van der Waals surface area (Å²) in [6.07, 6.45) is -0.711. The molecule has 0 aliphatic heterocycles. The van der Waals surface area contributed by atoms with Crippen LogP contribution in [-0.4, -0.2) is 39.4 Å². The largest absolute Gasteiger partial charge is 0.477 e. The summed E-state index contributed by atoms with van der Waals surface area (Å²) in [5, 5.41) is 3.67. The van der Waals surface area contributed by atoms with Crippen molar-refractivity contribution in [2.75, 3.05) is 27.4 Å². The van der Waals surface area contributed by atoms with E-state index in [-0.39, 0.29) is 0 Å². The summed E-state index contributed by atoms with van der Waals surface area (Å²) in [5.41, 5.74) is 0.879. The Balaban J connectivity index is 2.75. The first-order chi connectivity index (χ1) is 9.60. The van der Waals surface area contributed by atoms with Crippen LogP contribution in [0.1, 0.15) is 12.5 Å². The van der Waals surface area contributed by atoms with Crippen LogP contribution in [0.3, 0.4) is 0 Å². The summed E-state index contributed by atoms with van der Waals surface area (Å²) in [4.78, 5) is 11.4. The predicted octanol–water partition coefficient (Wildman–Crippen LogP) is 2.02. The first-order valence-corrected chi connectivity index (χ1v) is 6.69. The van der Waals surface area contributed by atoms with Crippen molar-refractivity contribution < 1.29 is 19.0 Å². The average Bonchev–Trinajstić information content (AvgIpc) is 2.45. The van der Waals surface area contributed by atoms with Crippen LogP contribution in [0.4, 0.5) is 0 Å². The second-order valence-corrected chi connectivity index (χ2v) is 4.59. The number of para-hydroxylation sites is 1. The fourth-order valence-corrected chi connectivity index (χ4v) is 1.85. The zero-order valence-corrected chi connectivity index (χ0v) is 12.7. The van der Waals surface area contributed by atoms with E-state index in [9.17, 15) is 4.79 Å². The van der Waals surface area contributed by atoms with E-state index < -0.39 is 12.1 Å². The summed E-state index contributed by atoms with van der Waals surface area (Å²) in [6.45, 7) is 3.54. The molecule has 0 fully saturated rings. The van der Waals surface area contributed by atoms with Gasteiger partial charge in [0.2, 0.25) is 0 Å². The highest BCUT2D eigenvalue weighted by molar-refractivity contribution is 6.32. The van der Waals surface area contributed by atoms with Gasteiger partial charge in [-0.05, 0) is 13.0 Å². The van der Waals surface area contributed by atoms with Gasteiger partial charge in [0.25, 0.3) is 0 Å². The third-order valence-corrected chi connectivity index (χ3v) is 2.97. The second kappa shape index (κ2) is 8.79. The Labute approximate surface area is 124 Å². The fraction of sp³-hybridized carbons (Fsp3) is 0.500. The second-order valence-electron chi connectivity index (χ2n) is 4.18. The van der Waals surface area contributed by atoms with Gasteiger partial charge in [-0.3, -0.25) is 0 Å². The number of esters is 1. The molecule has 0 saturated carbocycles. The number of nitrogens with one attached hydrogen (secondary N) is 1. The lowest BCUT2D eigenvalue weighted by Crippen LogP contribution is -2.26. The third kappa shape index (κ3) is 5.00. The number of carbonyl (C=O) groups excluding carboxylic acids is 1. The summed E-state index contributed by atoms with van der Waals surface area (Å²) < 4.78 is 15.2. The number of ether oxygens (including phenoxy) is 3. The van der Waals surface area contributed by atoms with Crippen LogP contribution < -0.4 is 10.1 Å². The minimum absolute atomic E-state index is 0.441. The maximum absolute atomic E-state index is 11.4. The summed E-state index contributed by atoms with van der Waals surface area (Å²) in [6, 6.07) is 5.45. The van der Waals surface area contributed by atoms with Crippen LogP contribution in [-0.2, 0) is 20.8 Å². The highest BCUT2D eigenvalue weighted by atomic mass is 35.5. The van der Waals surface area contributed by atoms with Crippen LogP contribution in [0, 0.1) is 0 Å². The van der Waals surface area contributed by atoms with E-state index in [0.29, 0.717) is 23.9 Å². The molecule has 0 radical (unpaired) electrons. The molecule has 0 saturated heterocycles. The minimum Gasteiger partial charge on any atom is -0.477 e. The lowest BCUT2D eigenvalue weighted by molar-refractivity contribution is -0.147. The predicted molar refractivity (Wildman–Crippen MR) is 77.1 cm³/mol. The molecule has 5 nitrogen and oxygen atoms in total. The first-order valence-electron chi connectivity index (χ1n) is 6.31. The van der Waals surface area contributed by atoms with Gasteiger partial charge in [-0.1, -0.05) is 23.7 Å². The molecule has 1 rings (SSSR count). The number of hydrogen-bond donors (Lipinski definition) is 1. The summed E-state index contributed by atoms with van der Waals surface area (Å²) in [5.74, 6) is 0.0557. The smallest absolute Gasteiger partial charge is 0.346 e. The highest BCUT2D eigenvalue weighted by Gasteiger charge is 2.18. The van der Waals surface area contributed by atoms with E-state index in [1.807, 2.05) is 12.1 Å². The summed E-state index contributed by atoms with van der Waals surface area (Å²) >= 11 is 6.13. The van der Waals surface area contributed by atoms with Gasteiger partial charge in [0, 0.05) is 25.8 Å². The molecular weight excluding hydrogens is 282 g/mol. The minimum atomic E-state index is -0.711. The van der Waals surface area contributed by atoms with Crippen molar-refractivity contribution in [3.63, 3.8) is 0 Å². The Morgan fingerprint density at radius 2 is 2.15 bits per heavy atom. The van der Waals surface area contributed by atoms with Crippen LogP contribution in [0.5, 0.6) is 5.75 Å². The maximum atomic E-state index is 11.4. The zero-order valence-electron chi connectivity index (χ0n) is 11.9. The van der Waals surface area contributed by atoms with Crippen molar-refractivity contribution in [2.24, 2.45) is 0 Å². The van der Waals surface area contributed by atoms with E-state index >= 15 is 0 Å². The van der Waals surface area contributed by atoms with Crippen molar-refractivity contribution in [1.29, 1.82) is 0 Å². The van der Waals surface area contributed by atoms with Gasteiger partial charge in [0.05, 0.1) is 18.7 Å². The van der Waals surface area contributed by atoms with Gasteiger partial charge in [-0.15, -0.1) is 0 Å². The first kappa shape index (κ1) is 16.8. The molecule has 0 bridgehead atoms. The Bertz CT molecular complexity index is 439. The van der Waals surface area contributed by atoms with Gasteiger partial charge in [0.1, 0.15) is 5.75 Å². The van der Waals surface area contributed by atoms with Crippen molar-refractivity contribution in [1.82, 2.24) is 5.32 Å². The van der Waals surface area contributed by atoms with Crippen LogP contribution in [0.25, 0.3) is 0 Å². The lowest BCUT2D eigenvalue weighted by Gasteiger charge is -2.17. The molecular formula is C14H20ClNO4. The number of rotatable bonds is 8. The molecule has 1 unspecified atom stereocenters. The van der Waals surface area contributed by atoms with Gasteiger partial charge in [-0.25, -0.2) is 4.79 Å². The molecule has 0 aliphatic rings. The Morgan fingerprint density at radius 3 is 2.80 bits per heavy atom. The Kier molecular flexibility index (Phi) is 7.36. The number of halogens is 1. The van der Waals surface area contributed by atoms with Crippen LogP contribution >= 0.6 is 11.6 Å². The van der Waals surface area contributed by atoms with E-state index in [1.54, 1.807) is 20.1 Å². The van der Waals surface area contributed by atoms with Crippen molar-refractivity contribution in [3.05, 3.63) is 28.8 Å². The molecule has 6 heteroatoms.